The summed E-state index contributed by atoms with van der Waals surface area (Å²) in [6.07, 6.45) is 0.871. The second-order valence-electron chi connectivity index (χ2n) is 4.23. The fourth-order valence-corrected chi connectivity index (χ4v) is 3.71. The molecule has 0 aliphatic rings. The predicted molar refractivity (Wildman–Crippen MR) is 83.0 cm³/mol. The van der Waals surface area contributed by atoms with Crippen molar-refractivity contribution in [2.75, 3.05) is 0 Å². The number of hydrogen-bond donors (Lipinski definition) is 0. The van der Waals surface area contributed by atoms with Crippen molar-refractivity contribution in [2.24, 2.45) is 0 Å². The van der Waals surface area contributed by atoms with Crippen LogP contribution >= 0.6 is 39.1 Å². The summed E-state index contributed by atoms with van der Waals surface area (Å²) < 4.78 is 0. The van der Waals surface area contributed by atoms with Crippen LogP contribution in [-0.2, 0) is 6.42 Å². The summed E-state index contributed by atoms with van der Waals surface area (Å²) in [5, 5.41) is 1.41. The molecule has 0 radical (unpaired) electrons. The van der Waals surface area contributed by atoms with E-state index in [0.29, 0.717) is 10.0 Å². The lowest BCUT2D eigenvalue weighted by Gasteiger charge is -2.15. The Labute approximate surface area is 126 Å². The molecule has 0 heterocycles. The van der Waals surface area contributed by atoms with Crippen molar-refractivity contribution in [2.45, 2.75) is 18.2 Å². The Morgan fingerprint density at radius 1 is 1.00 bits per heavy atom. The molecule has 94 valence electrons. The van der Waals surface area contributed by atoms with Gasteiger partial charge in [0.15, 0.2) is 0 Å². The van der Waals surface area contributed by atoms with E-state index in [0.717, 1.165) is 12.0 Å². The van der Waals surface area contributed by atoms with Crippen LogP contribution in [0.1, 0.15) is 21.5 Å². The summed E-state index contributed by atoms with van der Waals surface area (Å²) >= 11 is 16.1. The molecular weight excluding hydrogens is 331 g/mol. The van der Waals surface area contributed by atoms with Gasteiger partial charge in [-0.15, -0.1) is 0 Å². The van der Waals surface area contributed by atoms with Gasteiger partial charge in [0.2, 0.25) is 0 Å². The Morgan fingerprint density at radius 2 is 1.61 bits per heavy atom. The van der Waals surface area contributed by atoms with Gasteiger partial charge in [-0.2, -0.15) is 0 Å². The lowest BCUT2D eigenvalue weighted by atomic mass is 10.0. The van der Waals surface area contributed by atoms with E-state index in [2.05, 4.69) is 41.1 Å². The minimum atomic E-state index is 0.125. The van der Waals surface area contributed by atoms with Gasteiger partial charge >= 0.3 is 0 Å². The largest absolute Gasteiger partial charge is 0.0839 e. The maximum atomic E-state index is 6.22. The van der Waals surface area contributed by atoms with Crippen LogP contribution < -0.4 is 0 Å². The predicted octanol–water partition coefficient (Wildman–Crippen LogP) is 5.98. The van der Waals surface area contributed by atoms with E-state index in [-0.39, 0.29) is 4.83 Å². The second-order valence-corrected chi connectivity index (χ2v) is 6.15. The molecule has 3 heteroatoms. The number of alkyl halides is 1. The quantitative estimate of drug-likeness (QED) is 0.601. The summed E-state index contributed by atoms with van der Waals surface area (Å²) in [5.41, 5.74) is 3.55. The summed E-state index contributed by atoms with van der Waals surface area (Å²) in [4.78, 5) is 0.125. The topological polar surface area (TPSA) is 0 Å². The molecule has 2 rings (SSSR count). The third kappa shape index (κ3) is 3.09. The Bertz CT molecular complexity index is 532. The fourth-order valence-electron chi connectivity index (χ4n) is 1.94. The first-order chi connectivity index (χ1) is 8.59. The van der Waals surface area contributed by atoms with Crippen molar-refractivity contribution < 1.29 is 0 Å². The van der Waals surface area contributed by atoms with Crippen LogP contribution in [0.4, 0.5) is 0 Å². The number of rotatable bonds is 3. The Balaban J connectivity index is 2.28. The van der Waals surface area contributed by atoms with E-state index in [9.17, 15) is 0 Å². The molecule has 0 fully saturated rings. The first-order valence-corrected chi connectivity index (χ1v) is 7.39. The van der Waals surface area contributed by atoms with Crippen LogP contribution in [0.2, 0.25) is 10.0 Å². The Morgan fingerprint density at radius 3 is 2.22 bits per heavy atom. The molecule has 1 unspecified atom stereocenters. The van der Waals surface area contributed by atoms with E-state index >= 15 is 0 Å². The molecule has 1 atom stereocenters. The fraction of sp³-hybridized carbons (Fsp3) is 0.200. The molecule has 18 heavy (non-hydrogen) atoms. The molecule has 2 aromatic rings. The maximum absolute atomic E-state index is 6.22. The zero-order valence-corrected chi connectivity index (χ0v) is 13.1. The van der Waals surface area contributed by atoms with Gasteiger partial charge in [0.25, 0.3) is 0 Å². The van der Waals surface area contributed by atoms with Gasteiger partial charge in [-0.3, -0.25) is 0 Å². The van der Waals surface area contributed by atoms with E-state index < -0.39 is 0 Å². The van der Waals surface area contributed by atoms with Crippen LogP contribution in [-0.4, -0.2) is 0 Å². The molecule has 0 spiro atoms. The van der Waals surface area contributed by atoms with Crippen molar-refractivity contribution in [3.63, 3.8) is 0 Å². The molecule has 0 aliphatic heterocycles. The van der Waals surface area contributed by atoms with Gasteiger partial charge in [0.05, 0.1) is 0 Å². The SMILES string of the molecule is Cc1ccccc1CC(Br)c1c(Cl)cccc1Cl. The number of halogens is 3. The lowest BCUT2D eigenvalue weighted by Crippen LogP contribution is -1.99. The second kappa shape index (κ2) is 6.10. The van der Waals surface area contributed by atoms with Crippen molar-refractivity contribution in [1.29, 1.82) is 0 Å². The summed E-state index contributed by atoms with van der Waals surface area (Å²) in [6.45, 7) is 2.11. The van der Waals surface area contributed by atoms with Crippen molar-refractivity contribution in [3.8, 4) is 0 Å². The van der Waals surface area contributed by atoms with Crippen molar-refractivity contribution >= 4 is 39.1 Å². The van der Waals surface area contributed by atoms with E-state index in [1.807, 2.05) is 24.3 Å². The first-order valence-electron chi connectivity index (χ1n) is 5.72. The molecule has 0 saturated heterocycles. The van der Waals surface area contributed by atoms with Gasteiger partial charge in [-0.05, 0) is 36.6 Å². The zero-order valence-electron chi connectivity index (χ0n) is 9.96. The van der Waals surface area contributed by atoms with E-state index in [4.69, 9.17) is 23.2 Å². The molecule has 0 aromatic heterocycles. The highest BCUT2D eigenvalue weighted by Crippen LogP contribution is 2.37. The number of aryl methyl sites for hydroxylation is 1. The normalized spacial score (nSPS) is 12.4. The lowest BCUT2D eigenvalue weighted by molar-refractivity contribution is 0.939. The summed E-state index contributed by atoms with van der Waals surface area (Å²) in [7, 11) is 0. The monoisotopic (exact) mass is 342 g/mol. The molecule has 0 nitrogen and oxygen atoms in total. The standard InChI is InChI=1S/C15H13BrCl2/c1-10-5-2-3-6-11(10)9-12(16)15-13(17)7-4-8-14(15)18/h2-8,12H,9H2,1H3. The Kier molecular flexibility index (Phi) is 4.71. The highest BCUT2D eigenvalue weighted by molar-refractivity contribution is 9.09. The first kappa shape index (κ1) is 13.9. The van der Waals surface area contributed by atoms with Crippen LogP contribution in [0.15, 0.2) is 42.5 Å². The number of benzene rings is 2. The minimum Gasteiger partial charge on any atom is -0.0839 e. The molecule has 0 bridgehead atoms. The Hall–Kier alpha value is -0.500. The highest BCUT2D eigenvalue weighted by atomic mass is 79.9. The number of hydrogen-bond acceptors (Lipinski definition) is 0. The molecule has 0 saturated carbocycles. The van der Waals surface area contributed by atoms with Crippen LogP contribution in [0, 0.1) is 6.92 Å². The summed E-state index contributed by atoms with van der Waals surface area (Å²) in [5.74, 6) is 0. The van der Waals surface area contributed by atoms with Crippen LogP contribution in [0.25, 0.3) is 0 Å². The molecule has 2 aromatic carbocycles. The molecular formula is C15H13BrCl2. The smallest absolute Gasteiger partial charge is 0.0465 e. The highest BCUT2D eigenvalue weighted by Gasteiger charge is 2.16. The summed E-state index contributed by atoms with van der Waals surface area (Å²) in [6, 6.07) is 13.9. The van der Waals surface area contributed by atoms with Crippen LogP contribution in [0.5, 0.6) is 0 Å². The van der Waals surface area contributed by atoms with Gasteiger partial charge in [0.1, 0.15) is 0 Å². The van der Waals surface area contributed by atoms with E-state index in [1.54, 1.807) is 0 Å². The average Bonchev–Trinajstić information content (AvgIpc) is 2.32. The van der Waals surface area contributed by atoms with E-state index in [1.165, 1.54) is 11.1 Å². The van der Waals surface area contributed by atoms with Gasteiger partial charge < -0.3 is 0 Å². The average molecular weight is 344 g/mol. The third-order valence-corrected chi connectivity index (χ3v) is 4.41. The molecule has 0 aliphatic carbocycles. The molecule has 0 amide bonds. The third-order valence-electron chi connectivity index (χ3n) is 2.97. The molecule has 0 N–H and O–H groups in total. The van der Waals surface area contributed by atoms with Crippen LogP contribution in [0.3, 0.4) is 0 Å². The maximum Gasteiger partial charge on any atom is 0.0465 e. The zero-order chi connectivity index (χ0) is 13.1. The van der Waals surface area contributed by atoms with Gasteiger partial charge in [-0.1, -0.05) is 69.5 Å². The van der Waals surface area contributed by atoms with Gasteiger partial charge in [0, 0.05) is 20.4 Å². The van der Waals surface area contributed by atoms with Crippen molar-refractivity contribution in [3.05, 3.63) is 69.2 Å². The minimum absolute atomic E-state index is 0.125. The van der Waals surface area contributed by atoms with Gasteiger partial charge in [-0.25, -0.2) is 0 Å². The van der Waals surface area contributed by atoms with Crippen molar-refractivity contribution in [1.82, 2.24) is 0 Å².